The first kappa shape index (κ1) is 19.7. The second-order valence-corrected chi connectivity index (χ2v) is 7.73. The predicted molar refractivity (Wildman–Crippen MR) is 103 cm³/mol. The van der Waals surface area contributed by atoms with E-state index in [4.69, 9.17) is 5.73 Å². The van der Waals surface area contributed by atoms with Crippen LogP contribution in [0.2, 0.25) is 0 Å². The van der Waals surface area contributed by atoms with Crippen LogP contribution in [-0.2, 0) is 0 Å². The molecule has 9 heteroatoms. The van der Waals surface area contributed by atoms with Crippen molar-refractivity contribution in [2.75, 3.05) is 11.1 Å². The Morgan fingerprint density at radius 2 is 1.96 bits per heavy atom. The average Bonchev–Trinajstić information content (AvgIpc) is 2.62. The van der Waals surface area contributed by atoms with Gasteiger partial charge in [0, 0.05) is 6.20 Å². The van der Waals surface area contributed by atoms with Gasteiger partial charge in [0.2, 0.25) is 0 Å². The summed E-state index contributed by atoms with van der Waals surface area (Å²) in [5.41, 5.74) is 5.73. The van der Waals surface area contributed by atoms with Gasteiger partial charge >= 0.3 is 0 Å². The molecule has 0 bridgehead atoms. The summed E-state index contributed by atoms with van der Waals surface area (Å²) in [6, 6.07) is 4.93. The van der Waals surface area contributed by atoms with Gasteiger partial charge in [-0.15, -0.1) is 0 Å². The summed E-state index contributed by atoms with van der Waals surface area (Å²) in [7, 11) is 0. The van der Waals surface area contributed by atoms with E-state index in [0.29, 0.717) is 15.9 Å². The van der Waals surface area contributed by atoms with Crippen LogP contribution >= 0.6 is 15.9 Å². The molecular weight excluding hydrogens is 416 g/mol. The van der Waals surface area contributed by atoms with Crippen LogP contribution in [0.3, 0.4) is 0 Å². The second kappa shape index (κ2) is 7.51. The van der Waals surface area contributed by atoms with Gasteiger partial charge in [-0.2, -0.15) is 0 Å². The number of hydrogen-bond acceptors (Lipinski definition) is 7. The van der Waals surface area contributed by atoms with Gasteiger partial charge in [0.05, 0.1) is 29.8 Å². The Morgan fingerprint density at radius 1 is 1.30 bits per heavy atom. The van der Waals surface area contributed by atoms with E-state index in [-0.39, 0.29) is 30.1 Å². The second-order valence-electron chi connectivity index (χ2n) is 6.91. The Labute approximate surface area is 164 Å². The van der Waals surface area contributed by atoms with Gasteiger partial charge in [-0.1, -0.05) is 0 Å². The van der Waals surface area contributed by atoms with Gasteiger partial charge in [-0.3, -0.25) is 9.78 Å². The van der Waals surface area contributed by atoms with Gasteiger partial charge in [-0.25, -0.2) is 4.98 Å². The zero-order chi connectivity index (χ0) is 19.8. The number of hydrogen-bond donors (Lipinski definition) is 5. The standard InChI is InChI=1S/C18H21BrN4O4/c1-18(27)13(24)6-9(7-14(18)25)10-4-5-21-8-12(10)22-17(26)16-11(20)2-3-15(19)23-16/h2-5,8-9,13-14,24-25,27H,6-7,20H2,1H3,(H,22,26)/t9?,13-,14+,18?. The first-order valence-electron chi connectivity index (χ1n) is 8.46. The van der Waals surface area contributed by atoms with Crippen LogP contribution < -0.4 is 11.1 Å². The number of carbonyl (C=O) groups is 1. The van der Waals surface area contributed by atoms with Crippen LogP contribution in [0.1, 0.15) is 41.7 Å². The van der Waals surface area contributed by atoms with Crippen LogP contribution in [0.4, 0.5) is 11.4 Å². The molecule has 0 spiro atoms. The number of aliphatic hydroxyl groups is 3. The number of amides is 1. The van der Waals surface area contributed by atoms with E-state index < -0.39 is 23.7 Å². The monoisotopic (exact) mass is 436 g/mol. The van der Waals surface area contributed by atoms with Gasteiger partial charge in [0.1, 0.15) is 10.2 Å². The summed E-state index contributed by atoms with van der Waals surface area (Å²) in [6.07, 6.45) is 1.37. The quantitative estimate of drug-likeness (QED) is 0.458. The highest BCUT2D eigenvalue weighted by Crippen LogP contribution is 2.40. The molecule has 0 aromatic carbocycles. The molecule has 1 aliphatic carbocycles. The van der Waals surface area contributed by atoms with E-state index in [0.717, 1.165) is 0 Å². The predicted octanol–water partition coefficient (Wildman–Crippen LogP) is 1.42. The first-order valence-corrected chi connectivity index (χ1v) is 9.25. The number of nitrogens with two attached hydrogens (primary N) is 1. The summed E-state index contributed by atoms with van der Waals surface area (Å²) in [5, 5.41) is 33.4. The topological polar surface area (TPSA) is 142 Å². The van der Waals surface area contributed by atoms with E-state index in [1.54, 1.807) is 24.4 Å². The van der Waals surface area contributed by atoms with Crippen molar-refractivity contribution in [3.05, 3.63) is 46.5 Å². The minimum Gasteiger partial charge on any atom is -0.397 e. The highest BCUT2D eigenvalue weighted by molar-refractivity contribution is 9.10. The molecule has 6 N–H and O–H groups in total. The highest BCUT2D eigenvalue weighted by atomic mass is 79.9. The molecule has 0 saturated heterocycles. The summed E-state index contributed by atoms with van der Waals surface area (Å²) in [6.45, 7) is 1.41. The van der Waals surface area contributed by atoms with E-state index in [2.05, 4.69) is 31.2 Å². The third-order valence-corrected chi connectivity index (χ3v) is 5.46. The number of rotatable bonds is 3. The molecule has 144 valence electrons. The lowest BCUT2D eigenvalue weighted by atomic mass is 9.73. The zero-order valence-corrected chi connectivity index (χ0v) is 16.2. The number of halogens is 1. The lowest BCUT2D eigenvalue weighted by molar-refractivity contribution is -0.160. The van der Waals surface area contributed by atoms with Crippen LogP contribution in [0.25, 0.3) is 0 Å². The van der Waals surface area contributed by atoms with E-state index in [9.17, 15) is 20.1 Å². The number of aromatic nitrogens is 2. The van der Waals surface area contributed by atoms with Crippen molar-refractivity contribution in [3.8, 4) is 0 Å². The minimum atomic E-state index is -1.57. The molecule has 0 aliphatic heterocycles. The van der Waals surface area contributed by atoms with Crippen LogP contribution in [0, 0.1) is 0 Å². The van der Waals surface area contributed by atoms with E-state index in [1.165, 1.54) is 13.1 Å². The molecule has 3 rings (SSSR count). The van der Waals surface area contributed by atoms with Gasteiger partial charge < -0.3 is 26.4 Å². The summed E-state index contributed by atoms with van der Waals surface area (Å²) in [4.78, 5) is 20.8. The SMILES string of the molecule is CC1(O)[C@H](O)CC(c2ccncc2NC(=O)c2nc(Br)ccc2N)C[C@@H]1O. The third kappa shape index (κ3) is 3.96. The molecule has 0 radical (unpaired) electrons. The fourth-order valence-corrected chi connectivity index (χ4v) is 3.57. The highest BCUT2D eigenvalue weighted by Gasteiger charge is 2.45. The maximum Gasteiger partial charge on any atom is 0.276 e. The molecule has 8 nitrogen and oxygen atoms in total. The Bertz CT molecular complexity index is 847. The molecule has 1 aliphatic rings. The maximum atomic E-state index is 12.6. The molecule has 1 fully saturated rings. The minimum absolute atomic E-state index is 0.0748. The molecule has 2 unspecified atom stereocenters. The van der Waals surface area contributed by atoms with Gasteiger partial charge in [0.25, 0.3) is 5.91 Å². The summed E-state index contributed by atoms with van der Waals surface area (Å²) < 4.78 is 0.481. The first-order chi connectivity index (χ1) is 12.7. The van der Waals surface area contributed by atoms with Crippen molar-refractivity contribution in [2.24, 2.45) is 0 Å². The smallest absolute Gasteiger partial charge is 0.276 e. The van der Waals surface area contributed by atoms with Gasteiger partial charge in [0.15, 0.2) is 5.69 Å². The van der Waals surface area contributed by atoms with Crippen molar-refractivity contribution in [1.82, 2.24) is 9.97 Å². The fraction of sp³-hybridized carbons (Fsp3) is 0.389. The number of anilines is 2. The van der Waals surface area contributed by atoms with Crippen LogP contribution in [-0.4, -0.2) is 49.0 Å². The Hall–Kier alpha value is -2.07. The average molecular weight is 437 g/mol. The molecule has 2 aromatic heterocycles. The molecule has 2 heterocycles. The number of aliphatic hydroxyl groups excluding tert-OH is 2. The molecule has 2 aromatic rings. The largest absolute Gasteiger partial charge is 0.397 e. The maximum absolute atomic E-state index is 12.6. The third-order valence-electron chi connectivity index (χ3n) is 5.02. The molecule has 4 atom stereocenters. The zero-order valence-electron chi connectivity index (χ0n) is 14.6. The van der Waals surface area contributed by atoms with Crippen molar-refractivity contribution >= 4 is 33.2 Å². The normalized spacial score (nSPS) is 28.0. The number of nitrogen functional groups attached to an aromatic ring is 1. The Kier molecular flexibility index (Phi) is 5.48. The van der Waals surface area contributed by atoms with Crippen molar-refractivity contribution in [1.29, 1.82) is 0 Å². The van der Waals surface area contributed by atoms with Crippen LogP contribution in [0.5, 0.6) is 0 Å². The lowest BCUT2D eigenvalue weighted by Crippen LogP contribution is -2.54. The number of nitrogens with one attached hydrogen (secondary N) is 1. The number of carbonyl (C=O) groups excluding carboxylic acids is 1. The fourth-order valence-electron chi connectivity index (χ4n) is 3.26. The van der Waals surface area contributed by atoms with Crippen LogP contribution in [0.15, 0.2) is 35.2 Å². The Balaban J connectivity index is 1.87. The summed E-state index contributed by atoms with van der Waals surface area (Å²) >= 11 is 3.21. The van der Waals surface area contributed by atoms with Crippen molar-refractivity contribution < 1.29 is 20.1 Å². The van der Waals surface area contributed by atoms with E-state index in [1.807, 2.05) is 0 Å². The molecular formula is C18H21BrN4O4. The number of pyridine rings is 2. The van der Waals surface area contributed by atoms with Crippen molar-refractivity contribution in [2.45, 2.75) is 43.5 Å². The Morgan fingerprint density at radius 3 is 2.63 bits per heavy atom. The molecule has 1 saturated carbocycles. The van der Waals surface area contributed by atoms with E-state index >= 15 is 0 Å². The number of nitrogens with zero attached hydrogens (tertiary/aromatic N) is 2. The summed E-state index contributed by atoms with van der Waals surface area (Å²) in [5.74, 6) is -0.756. The molecule has 1 amide bonds. The van der Waals surface area contributed by atoms with Crippen molar-refractivity contribution in [3.63, 3.8) is 0 Å². The lowest BCUT2D eigenvalue weighted by Gasteiger charge is -2.42. The molecule has 27 heavy (non-hydrogen) atoms. The van der Waals surface area contributed by atoms with Gasteiger partial charge in [-0.05, 0) is 65.4 Å².